The highest BCUT2D eigenvalue weighted by molar-refractivity contribution is 5.73. The second-order valence-electron chi connectivity index (χ2n) is 6.06. The van der Waals surface area contributed by atoms with Gasteiger partial charge in [0.25, 0.3) is 0 Å². The minimum absolute atomic E-state index is 0.142. The summed E-state index contributed by atoms with van der Waals surface area (Å²) in [4.78, 5) is 12.0. The van der Waals surface area contributed by atoms with Crippen molar-refractivity contribution in [2.75, 3.05) is 20.3 Å². The number of benzene rings is 1. The molecule has 1 aromatic carbocycles. The fraction of sp³-hybridized carbons (Fsp3) is 0.474. The largest absolute Gasteiger partial charge is 0.383 e. The molecule has 0 bridgehead atoms. The van der Waals surface area contributed by atoms with Crippen molar-refractivity contribution in [3.63, 3.8) is 0 Å². The first-order valence-corrected chi connectivity index (χ1v) is 8.69. The highest BCUT2D eigenvalue weighted by Gasteiger charge is 2.12. The third kappa shape index (κ3) is 5.90. The van der Waals surface area contributed by atoms with Crippen molar-refractivity contribution in [2.45, 2.75) is 39.8 Å². The maximum absolute atomic E-state index is 12.0. The van der Waals surface area contributed by atoms with Gasteiger partial charge in [-0.05, 0) is 32.3 Å². The first kappa shape index (κ1) is 19.0. The van der Waals surface area contributed by atoms with Gasteiger partial charge in [0.1, 0.15) is 0 Å². The van der Waals surface area contributed by atoms with Gasteiger partial charge in [0.15, 0.2) is 0 Å². The summed E-state index contributed by atoms with van der Waals surface area (Å²) in [5, 5.41) is 10.3. The predicted octanol–water partition coefficient (Wildman–Crippen LogP) is 2.58. The normalized spacial score (nSPS) is 10.7. The summed E-state index contributed by atoms with van der Waals surface area (Å²) in [7, 11) is 1.68. The summed E-state index contributed by atoms with van der Waals surface area (Å²) in [6.07, 6.45) is 1.88. The summed E-state index contributed by atoms with van der Waals surface area (Å²) in [5.41, 5.74) is 4.37. The van der Waals surface area contributed by atoms with E-state index in [4.69, 9.17) is 4.74 Å². The van der Waals surface area contributed by atoms with Gasteiger partial charge < -0.3 is 15.4 Å². The molecule has 2 aromatic rings. The van der Waals surface area contributed by atoms with Crippen LogP contribution in [-0.4, -0.2) is 36.1 Å². The second-order valence-corrected chi connectivity index (χ2v) is 6.06. The molecule has 6 heteroatoms. The molecule has 0 spiro atoms. The number of hydrogen-bond acceptors (Lipinski definition) is 3. The zero-order chi connectivity index (χ0) is 18.1. The van der Waals surface area contributed by atoms with Crippen LogP contribution in [0.4, 0.5) is 4.79 Å². The van der Waals surface area contributed by atoms with Gasteiger partial charge in [-0.2, -0.15) is 5.10 Å². The lowest BCUT2D eigenvalue weighted by molar-refractivity contribution is 0.182. The standard InChI is InChI=1S/C19H28N4O2/c1-15-18(16(2)23(22-15)12-13-25-3)14-21-19(24)20-11-7-10-17-8-5-4-6-9-17/h4-6,8-9H,7,10-14H2,1-3H3,(H2,20,21,24). The van der Waals surface area contributed by atoms with E-state index in [1.54, 1.807) is 7.11 Å². The number of nitrogens with zero attached hydrogens (tertiary/aromatic N) is 2. The van der Waals surface area contributed by atoms with Crippen LogP contribution in [0.2, 0.25) is 0 Å². The van der Waals surface area contributed by atoms with E-state index in [1.807, 2.05) is 36.7 Å². The highest BCUT2D eigenvalue weighted by Crippen LogP contribution is 2.12. The minimum Gasteiger partial charge on any atom is -0.383 e. The molecule has 0 saturated heterocycles. The van der Waals surface area contributed by atoms with Gasteiger partial charge in [0, 0.05) is 31.5 Å². The molecule has 0 aliphatic rings. The first-order valence-electron chi connectivity index (χ1n) is 8.69. The fourth-order valence-electron chi connectivity index (χ4n) is 2.76. The van der Waals surface area contributed by atoms with Gasteiger partial charge in [-0.25, -0.2) is 4.79 Å². The number of aryl methyl sites for hydroxylation is 2. The zero-order valence-electron chi connectivity index (χ0n) is 15.3. The quantitative estimate of drug-likeness (QED) is 0.687. The van der Waals surface area contributed by atoms with Crippen molar-refractivity contribution < 1.29 is 9.53 Å². The summed E-state index contributed by atoms with van der Waals surface area (Å²) in [5.74, 6) is 0. The van der Waals surface area contributed by atoms with Gasteiger partial charge in [-0.1, -0.05) is 30.3 Å². The molecular weight excluding hydrogens is 316 g/mol. The predicted molar refractivity (Wildman–Crippen MR) is 98.6 cm³/mol. The molecule has 1 aromatic heterocycles. The van der Waals surface area contributed by atoms with Crippen LogP contribution in [0.1, 0.15) is 28.9 Å². The van der Waals surface area contributed by atoms with E-state index < -0.39 is 0 Å². The van der Waals surface area contributed by atoms with E-state index in [-0.39, 0.29) is 6.03 Å². The number of urea groups is 1. The van der Waals surface area contributed by atoms with E-state index in [2.05, 4.69) is 27.9 Å². The van der Waals surface area contributed by atoms with E-state index in [0.29, 0.717) is 19.7 Å². The highest BCUT2D eigenvalue weighted by atomic mass is 16.5. The Balaban J connectivity index is 1.72. The number of ether oxygens (including phenoxy) is 1. The Bertz CT molecular complexity index is 668. The Morgan fingerprint density at radius 1 is 1.20 bits per heavy atom. The van der Waals surface area contributed by atoms with E-state index >= 15 is 0 Å². The maximum Gasteiger partial charge on any atom is 0.315 e. The van der Waals surface area contributed by atoms with Crippen LogP contribution in [0.3, 0.4) is 0 Å². The van der Waals surface area contributed by atoms with E-state index in [1.165, 1.54) is 5.56 Å². The van der Waals surface area contributed by atoms with Crippen molar-refractivity contribution in [3.05, 3.63) is 52.8 Å². The van der Waals surface area contributed by atoms with Crippen LogP contribution < -0.4 is 10.6 Å². The smallest absolute Gasteiger partial charge is 0.315 e. The van der Waals surface area contributed by atoms with E-state index in [9.17, 15) is 4.79 Å². The number of rotatable bonds is 9. The topological polar surface area (TPSA) is 68.2 Å². The molecule has 0 fully saturated rings. The van der Waals surface area contributed by atoms with Gasteiger partial charge in [0.05, 0.1) is 18.8 Å². The third-order valence-corrected chi connectivity index (χ3v) is 4.23. The zero-order valence-corrected chi connectivity index (χ0v) is 15.3. The lowest BCUT2D eigenvalue weighted by atomic mass is 10.1. The third-order valence-electron chi connectivity index (χ3n) is 4.23. The Morgan fingerprint density at radius 2 is 1.96 bits per heavy atom. The number of methoxy groups -OCH3 is 1. The molecular formula is C19H28N4O2. The van der Waals surface area contributed by atoms with Crippen molar-refractivity contribution in [3.8, 4) is 0 Å². The maximum atomic E-state index is 12.0. The van der Waals surface area contributed by atoms with Crippen LogP contribution in [0.25, 0.3) is 0 Å². The Hall–Kier alpha value is -2.34. The van der Waals surface area contributed by atoms with Crippen LogP contribution >= 0.6 is 0 Å². The lowest BCUT2D eigenvalue weighted by Crippen LogP contribution is -2.35. The van der Waals surface area contributed by atoms with Crippen LogP contribution in [0, 0.1) is 13.8 Å². The van der Waals surface area contributed by atoms with Crippen LogP contribution in [-0.2, 0) is 24.2 Å². The number of nitrogens with one attached hydrogen (secondary N) is 2. The lowest BCUT2D eigenvalue weighted by Gasteiger charge is -2.09. The Labute approximate surface area is 149 Å². The van der Waals surface area contributed by atoms with Gasteiger partial charge >= 0.3 is 6.03 Å². The molecule has 0 radical (unpaired) electrons. The van der Waals surface area contributed by atoms with Crippen molar-refractivity contribution in [2.24, 2.45) is 0 Å². The Morgan fingerprint density at radius 3 is 2.68 bits per heavy atom. The van der Waals surface area contributed by atoms with Gasteiger partial charge in [0.2, 0.25) is 0 Å². The van der Waals surface area contributed by atoms with Crippen molar-refractivity contribution in [1.29, 1.82) is 0 Å². The summed E-state index contributed by atoms with van der Waals surface area (Å²) in [6.45, 7) is 6.46. The molecule has 25 heavy (non-hydrogen) atoms. The van der Waals surface area contributed by atoms with Crippen LogP contribution in [0.15, 0.2) is 30.3 Å². The molecule has 1 heterocycles. The molecule has 0 saturated carbocycles. The number of hydrogen-bond donors (Lipinski definition) is 2. The van der Waals surface area contributed by atoms with Crippen LogP contribution in [0.5, 0.6) is 0 Å². The molecule has 2 amide bonds. The molecule has 0 unspecified atom stereocenters. The molecule has 0 atom stereocenters. The number of aromatic nitrogens is 2. The van der Waals surface area contributed by atoms with Crippen molar-refractivity contribution in [1.82, 2.24) is 20.4 Å². The number of carbonyl (C=O) groups excluding carboxylic acids is 1. The summed E-state index contributed by atoms with van der Waals surface area (Å²) >= 11 is 0. The van der Waals surface area contributed by atoms with Gasteiger partial charge in [-0.15, -0.1) is 0 Å². The number of amides is 2. The molecule has 2 N–H and O–H groups in total. The summed E-state index contributed by atoms with van der Waals surface area (Å²) in [6, 6.07) is 10.1. The molecule has 2 rings (SSSR count). The van der Waals surface area contributed by atoms with E-state index in [0.717, 1.165) is 36.3 Å². The Kier molecular flexibility index (Phi) is 7.47. The number of carbonyl (C=O) groups is 1. The molecule has 0 aliphatic heterocycles. The van der Waals surface area contributed by atoms with Crippen molar-refractivity contribution >= 4 is 6.03 Å². The summed E-state index contributed by atoms with van der Waals surface area (Å²) < 4.78 is 7.02. The minimum atomic E-state index is -0.142. The molecule has 136 valence electrons. The fourth-order valence-corrected chi connectivity index (χ4v) is 2.76. The molecule has 0 aliphatic carbocycles. The second kappa shape index (κ2) is 9.84. The van der Waals surface area contributed by atoms with Gasteiger partial charge in [-0.3, -0.25) is 4.68 Å². The average molecular weight is 344 g/mol. The average Bonchev–Trinajstić information content (AvgIpc) is 2.89. The first-order chi connectivity index (χ1) is 12.1. The monoisotopic (exact) mass is 344 g/mol. The molecule has 6 nitrogen and oxygen atoms in total. The SMILES string of the molecule is COCCn1nc(C)c(CNC(=O)NCCCc2ccccc2)c1C.